The Morgan fingerprint density at radius 1 is 1.39 bits per heavy atom. The first kappa shape index (κ1) is 13.0. The second-order valence-corrected chi connectivity index (χ2v) is 4.46. The number of aromatic nitrogens is 2. The molecule has 1 fully saturated rings. The van der Waals surface area contributed by atoms with Crippen molar-refractivity contribution in [3.63, 3.8) is 0 Å². The van der Waals surface area contributed by atoms with Gasteiger partial charge in [0.25, 0.3) is 0 Å². The molecule has 0 spiro atoms. The highest BCUT2D eigenvalue weighted by Gasteiger charge is 2.19. The molecule has 6 heteroatoms. The first-order chi connectivity index (χ1) is 8.63. The van der Waals surface area contributed by atoms with Crippen molar-refractivity contribution in [2.24, 2.45) is 0 Å². The van der Waals surface area contributed by atoms with Crippen LogP contribution in [0, 0.1) is 13.8 Å². The molecule has 18 heavy (non-hydrogen) atoms. The van der Waals surface area contributed by atoms with Crippen molar-refractivity contribution in [2.75, 3.05) is 26.3 Å². The summed E-state index contributed by atoms with van der Waals surface area (Å²) in [5.41, 5.74) is 2.45. The number of morpholine rings is 1. The van der Waals surface area contributed by atoms with Crippen molar-refractivity contribution in [1.82, 2.24) is 14.7 Å². The minimum atomic E-state index is -0.0383. The van der Waals surface area contributed by atoms with Crippen molar-refractivity contribution >= 4 is 5.91 Å². The maximum Gasteiger partial charge on any atom is 0.244 e. The van der Waals surface area contributed by atoms with Crippen molar-refractivity contribution < 1.29 is 14.6 Å². The molecule has 1 amide bonds. The standard InChI is InChI=1S/C12H19N3O3/c1-9-11(8-16)10(2)15(13-9)7-12(17)14-3-5-18-6-4-14/h16H,3-8H2,1-2H3. The van der Waals surface area contributed by atoms with Crippen LogP contribution >= 0.6 is 0 Å². The van der Waals surface area contributed by atoms with Crippen LogP contribution in [0.15, 0.2) is 0 Å². The normalized spacial score (nSPS) is 16.1. The van der Waals surface area contributed by atoms with E-state index >= 15 is 0 Å². The molecule has 0 unspecified atom stereocenters. The molecule has 6 nitrogen and oxygen atoms in total. The number of carbonyl (C=O) groups is 1. The van der Waals surface area contributed by atoms with E-state index in [0.29, 0.717) is 26.3 Å². The Labute approximate surface area is 106 Å². The van der Waals surface area contributed by atoms with E-state index in [4.69, 9.17) is 4.74 Å². The van der Waals surface area contributed by atoms with Gasteiger partial charge < -0.3 is 14.7 Å². The second kappa shape index (κ2) is 5.49. The summed E-state index contributed by atoms with van der Waals surface area (Å²) < 4.78 is 6.88. The monoisotopic (exact) mass is 253 g/mol. The first-order valence-corrected chi connectivity index (χ1v) is 6.12. The van der Waals surface area contributed by atoms with Crippen LogP contribution in [-0.2, 0) is 22.7 Å². The quantitative estimate of drug-likeness (QED) is 0.813. The van der Waals surface area contributed by atoms with Crippen LogP contribution in [0.2, 0.25) is 0 Å². The van der Waals surface area contributed by atoms with Crippen molar-refractivity contribution in [3.8, 4) is 0 Å². The molecule has 1 saturated heterocycles. The molecular weight excluding hydrogens is 234 g/mol. The van der Waals surface area contributed by atoms with E-state index in [1.807, 2.05) is 13.8 Å². The van der Waals surface area contributed by atoms with Gasteiger partial charge in [-0.25, -0.2) is 0 Å². The van der Waals surface area contributed by atoms with Gasteiger partial charge in [0.2, 0.25) is 5.91 Å². The summed E-state index contributed by atoms with van der Waals surface area (Å²) in [6.45, 7) is 6.40. The summed E-state index contributed by atoms with van der Waals surface area (Å²) in [5.74, 6) is 0.0494. The van der Waals surface area contributed by atoms with E-state index in [1.165, 1.54) is 0 Å². The topological polar surface area (TPSA) is 67.6 Å². The van der Waals surface area contributed by atoms with Gasteiger partial charge in [-0.15, -0.1) is 0 Å². The summed E-state index contributed by atoms with van der Waals surface area (Å²) in [6.07, 6.45) is 0. The van der Waals surface area contributed by atoms with Crippen molar-refractivity contribution in [2.45, 2.75) is 27.0 Å². The van der Waals surface area contributed by atoms with E-state index < -0.39 is 0 Å². The lowest BCUT2D eigenvalue weighted by molar-refractivity contribution is -0.136. The van der Waals surface area contributed by atoms with Gasteiger partial charge in [-0.3, -0.25) is 9.48 Å². The van der Waals surface area contributed by atoms with Crippen LogP contribution in [0.5, 0.6) is 0 Å². The molecule has 1 aromatic heterocycles. The number of amides is 1. The summed E-state index contributed by atoms with van der Waals surface area (Å²) in [5, 5.41) is 13.5. The molecule has 0 atom stereocenters. The Hall–Kier alpha value is -1.40. The fourth-order valence-corrected chi connectivity index (χ4v) is 2.16. The van der Waals surface area contributed by atoms with E-state index in [-0.39, 0.29) is 19.1 Å². The number of hydrogen-bond acceptors (Lipinski definition) is 4. The van der Waals surface area contributed by atoms with Crippen LogP contribution in [0.1, 0.15) is 17.0 Å². The molecular formula is C12H19N3O3. The van der Waals surface area contributed by atoms with Gasteiger partial charge in [0.1, 0.15) is 6.54 Å². The van der Waals surface area contributed by atoms with Crippen LogP contribution in [-0.4, -0.2) is 52.0 Å². The first-order valence-electron chi connectivity index (χ1n) is 6.12. The maximum atomic E-state index is 12.1. The van der Waals surface area contributed by atoms with Gasteiger partial charge in [-0.1, -0.05) is 0 Å². The van der Waals surface area contributed by atoms with Crippen LogP contribution in [0.4, 0.5) is 0 Å². The van der Waals surface area contributed by atoms with E-state index in [9.17, 15) is 9.90 Å². The fraction of sp³-hybridized carbons (Fsp3) is 0.667. The van der Waals surface area contributed by atoms with Gasteiger partial charge in [0.15, 0.2) is 0 Å². The number of carbonyl (C=O) groups excluding carboxylic acids is 1. The lowest BCUT2D eigenvalue weighted by Gasteiger charge is -2.26. The average Bonchev–Trinajstić information content (AvgIpc) is 2.65. The summed E-state index contributed by atoms with van der Waals surface area (Å²) in [4.78, 5) is 13.9. The van der Waals surface area contributed by atoms with Crippen molar-refractivity contribution in [1.29, 1.82) is 0 Å². The van der Waals surface area contributed by atoms with E-state index in [2.05, 4.69) is 5.10 Å². The molecule has 2 rings (SSSR count). The highest BCUT2D eigenvalue weighted by Crippen LogP contribution is 2.13. The predicted molar refractivity (Wildman–Crippen MR) is 65.0 cm³/mol. The Morgan fingerprint density at radius 2 is 2.06 bits per heavy atom. The molecule has 0 aromatic carbocycles. The summed E-state index contributed by atoms with van der Waals surface area (Å²) >= 11 is 0. The number of aliphatic hydroxyl groups excluding tert-OH is 1. The Balaban J connectivity index is 2.06. The van der Waals surface area contributed by atoms with Gasteiger partial charge in [-0.05, 0) is 13.8 Å². The minimum Gasteiger partial charge on any atom is -0.392 e. The largest absolute Gasteiger partial charge is 0.392 e. The van der Waals surface area contributed by atoms with Gasteiger partial charge >= 0.3 is 0 Å². The van der Waals surface area contributed by atoms with Gasteiger partial charge in [0.05, 0.1) is 25.5 Å². The smallest absolute Gasteiger partial charge is 0.244 e. The van der Waals surface area contributed by atoms with Gasteiger partial charge in [0, 0.05) is 24.3 Å². The third-order valence-electron chi connectivity index (χ3n) is 3.34. The average molecular weight is 253 g/mol. The lowest BCUT2D eigenvalue weighted by Crippen LogP contribution is -2.42. The predicted octanol–water partition coefficient (Wildman–Crippen LogP) is -0.149. The maximum absolute atomic E-state index is 12.1. The highest BCUT2D eigenvalue weighted by molar-refractivity contribution is 5.76. The summed E-state index contributed by atoms with van der Waals surface area (Å²) in [6, 6.07) is 0. The molecule has 0 aliphatic carbocycles. The second-order valence-electron chi connectivity index (χ2n) is 4.46. The molecule has 0 bridgehead atoms. The van der Waals surface area contributed by atoms with Crippen LogP contribution in [0.3, 0.4) is 0 Å². The fourth-order valence-electron chi connectivity index (χ4n) is 2.16. The zero-order valence-corrected chi connectivity index (χ0v) is 10.8. The number of nitrogens with zero attached hydrogens (tertiary/aromatic N) is 3. The Morgan fingerprint density at radius 3 is 2.61 bits per heavy atom. The van der Waals surface area contributed by atoms with E-state index in [1.54, 1.807) is 9.58 Å². The van der Waals surface area contributed by atoms with Gasteiger partial charge in [-0.2, -0.15) is 5.10 Å². The molecule has 2 heterocycles. The highest BCUT2D eigenvalue weighted by atomic mass is 16.5. The molecule has 1 aliphatic rings. The number of ether oxygens (including phenoxy) is 1. The minimum absolute atomic E-state index is 0.0383. The number of rotatable bonds is 3. The van der Waals surface area contributed by atoms with Crippen molar-refractivity contribution in [3.05, 3.63) is 17.0 Å². The third kappa shape index (κ3) is 2.54. The SMILES string of the molecule is Cc1nn(CC(=O)N2CCOCC2)c(C)c1CO. The number of aliphatic hydroxyl groups is 1. The number of hydrogen-bond donors (Lipinski definition) is 1. The molecule has 0 saturated carbocycles. The van der Waals surface area contributed by atoms with Crippen LogP contribution in [0.25, 0.3) is 0 Å². The lowest BCUT2D eigenvalue weighted by atomic mass is 10.2. The molecule has 1 N–H and O–H groups in total. The molecule has 1 aromatic rings. The van der Waals surface area contributed by atoms with E-state index in [0.717, 1.165) is 17.0 Å². The molecule has 0 radical (unpaired) electrons. The molecule has 100 valence electrons. The zero-order chi connectivity index (χ0) is 13.1. The third-order valence-corrected chi connectivity index (χ3v) is 3.34. The molecule has 1 aliphatic heterocycles. The zero-order valence-electron chi connectivity index (χ0n) is 10.8. The summed E-state index contributed by atoms with van der Waals surface area (Å²) in [7, 11) is 0. The number of aryl methyl sites for hydroxylation is 1. The van der Waals surface area contributed by atoms with Crippen LogP contribution < -0.4 is 0 Å². The Kier molecular flexibility index (Phi) is 3.98. The Bertz CT molecular complexity index is 436.